The van der Waals surface area contributed by atoms with E-state index in [-0.39, 0.29) is 11.7 Å². The van der Waals surface area contributed by atoms with Gasteiger partial charge in [-0.2, -0.15) is 4.98 Å². The maximum absolute atomic E-state index is 13.0. The van der Waals surface area contributed by atoms with Gasteiger partial charge in [-0.25, -0.2) is 10.4 Å². The van der Waals surface area contributed by atoms with Crippen molar-refractivity contribution in [1.82, 2.24) is 30.7 Å². The summed E-state index contributed by atoms with van der Waals surface area (Å²) in [6, 6.07) is 13.1. The number of nitrogens with zero attached hydrogens (tertiary/aromatic N) is 5. The van der Waals surface area contributed by atoms with Crippen LogP contribution in [0.1, 0.15) is 21.6 Å². The summed E-state index contributed by atoms with van der Waals surface area (Å²) >= 11 is 0. The molecule has 1 aromatic carbocycles. The van der Waals surface area contributed by atoms with Crippen molar-refractivity contribution in [2.45, 2.75) is 13.8 Å². The van der Waals surface area contributed by atoms with Crippen molar-refractivity contribution in [3.8, 4) is 22.6 Å². The molecule has 0 bridgehead atoms. The van der Waals surface area contributed by atoms with Crippen molar-refractivity contribution >= 4 is 23.0 Å². The van der Waals surface area contributed by atoms with E-state index in [2.05, 4.69) is 36.1 Å². The molecule has 0 unspecified atom stereocenters. The second kappa shape index (κ2) is 7.91. The summed E-state index contributed by atoms with van der Waals surface area (Å²) in [5.41, 5.74) is 9.74. The Bertz CT molecular complexity index is 1410. The van der Waals surface area contributed by atoms with Gasteiger partial charge in [-0.1, -0.05) is 40.1 Å². The average molecular weight is 427 g/mol. The third-order valence-corrected chi connectivity index (χ3v) is 4.86. The van der Waals surface area contributed by atoms with Crippen LogP contribution in [-0.2, 0) is 0 Å². The molecule has 32 heavy (non-hydrogen) atoms. The first-order valence-electron chi connectivity index (χ1n) is 9.73. The molecule has 0 atom stereocenters. The number of aryl methyl sites for hydroxylation is 2. The van der Waals surface area contributed by atoms with E-state index < -0.39 is 5.91 Å². The van der Waals surface area contributed by atoms with Gasteiger partial charge in [0.15, 0.2) is 0 Å². The number of fused-ring (bicyclic) bond motifs is 1. The van der Waals surface area contributed by atoms with Crippen molar-refractivity contribution in [3.05, 3.63) is 71.7 Å². The molecule has 1 amide bonds. The van der Waals surface area contributed by atoms with Gasteiger partial charge in [0.1, 0.15) is 0 Å². The number of hydrogen-bond acceptors (Lipinski definition) is 9. The van der Waals surface area contributed by atoms with E-state index >= 15 is 0 Å². The predicted molar refractivity (Wildman–Crippen MR) is 115 cm³/mol. The summed E-state index contributed by atoms with van der Waals surface area (Å²) in [6.45, 7) is 3.75. The van der Waals surface area contributed by atoms with Crippen molar-refractivity contribution < 1.29 is 13.8 Å². The summed E-state index contributed by atoms with van der Waals surface area (Å²) in [7, 11) is 0. The van der Waals surface area contributed by atoms with Gasteiger partial charge in [-0.3, -0.25) is 15.2 Å². The van der Waals surface area contributed by atoms with Gasteiger partial charge in [0.2, 0.25) is 5.82 Å². The van der Waals surface area contributed by atoms with E-state index in [0.717, 1.165) is 16.7 Å². The summed E-state index contributed by atoms with van der Waals surface area (Å²) in [4.78, 5) is 25.7. The molecule has 5 rings (SSSR count). The Kier molecular flexibility index (Phi) is 4.79. The Balaban J connectivity index is 1.42. The lowest BCUT2D eigenvalue weighted by Crippen LogP contribution is -2.29. The number of pyridine rings is 2. The molecule has 2 N–H and O–H groups in total. The first kappa shape index (κ1) is 19.4. The maximum Gasteiger partial charge on any atom is 0.340 e. The Labute approximate surface area is 181 Å². The molecule has 4 aromatic heterocycles. The van der Waals surface area contributed by atoms with E-state index in [1.165, 1.54) is 0 Å². The highest BCUT2D eigenvalue weighted by atomic mass is 16.5. The number of amides is 1. The largest absolute Gasteiger partial charge is 0.340 e. The van der Waals surface area contributed by atoms with Gasteiger partial charge >= 0.3 is 6.01 Å². The molecule has 0 saturated carbocycles. The van der Waals surface area contributed by atoms with Crippen LogP contribution in [0, 0.1) is 13.8 Å². The van der Waals surface area contributed by atoms with Gasteiger partial charge in [-0.05, 0) is 32.0 Å². The van der Waals surface area contributed by atoms with Gasteiger partial charge in [0, 0.05) is 23.5 Å². The summed E-state index contributed by atoms with van der Waals surface area (Å²) < 4.78 is 10.5. The number of hydrogen-bond donors (Lipinski definition) is 2. The molecule has 4 heterocycles. The molecule has 0 fully saturated rings. The lowest BCUT2D eigenvalue weighted by atomic mass is 10.0. The van der Waals surface area contributed by atoms with Gasteiger partial charge in [0.05, 0.1) is 22.3 Å². The van der Waals surface area contributed by atoms with Gasteiger partial charge in [0.25, 0.3) is 11.6 Å². The number of carbonyl (C=O) groups is 1. The zero-order valence-electron chi connectivity index (χ0n) is 17.2. The zero-order chi connectivity index (χ0) is 22.1. The minimum Gasteiger partial charge on any atom is -0.335 e. The highest BCUT2D eigenvalue weighted by Gasteiger charge is 2.20. The third kappa shape index (κ3) is 3.65. The van der Waals surface area contributed by atoms with Crippen molar-refractivity contribution in [2.75, 3.05) is 5.43 Å². The SMILES string of the molecule is Cc1ccc(-c2cc(C(=O)NNc3nc(-c4ccncc4)no3)c3c(C)noc3n2)cc1. The number of nitrogens with one attached hydrogen (secondary N) is 2. The monoisotopic (exact) mass is 427 g/mol. The van der Waals surface area contributed by atoms with Crippen LogP contribution >= 0.6 is 0 Å². The van der Waals surface area contributed by atoms with Crippen molar-refractivity contribution in [1.29, 1.82) is 0 Å². The molecule has 5 aromatic rings. The van der Waals surface area contributed by atoms with Crippen LogP contribution in [-0.4, -0.2) is 31.2 Å². The molecule has 10 heteroatoms. The minimum absolute atomic E-state index is 0.0382. The van der Waals surface area contributed by atoms with Gasteiger partial charge in [-0.15, -0.1) is 0 Å². The van der Waals surface area contributed by atoms with Crippen LogP contribution in [0.3, 0.4) is 0 Å². The molecule has 0 aliphatic heterocycles. The van der Waals surface area contributed by atoms with Crippen LogP contribution in [0.15, 0.2) is 63.9 Å². The standard InChI is InChI=1S/C22H17N7O3/c1-12-3-5-14(6-4-12)17-11-16(18-13(2)28-31-21(18)24-17)20(30)26-27-22-25-19(29-32-22)15-7-9-23-10-8-15/h3-11H,1-2H3,(H,26,30)(H,25,27,29). The predicted octanol–water partition coefficient (Wildman–Crippen LogP) is 3.71. The lowest BCUT2D eigenvalue weighted by Gasteiger charge is -2.08. The summed E-state index contributed by atoms with van der Waals surface area (Å²) in [6.07, 6.45) is 3.25. The van der Waals surface area contributed by atoms with Crippen molar-refractivity contribution in [3.63, 3.8) is 0 Å². The first-order valence-corrected chi connectivity index (χ1v) is 9.73. The smallest absolute Gasteiger partial charge is 0.335 e. The van der Waals surface area contributed by atoms with E-state index in [9.17, 15) is 4.79 Å². The molecule has 0 radical (unpaired) electrons. The molecule has 10 nitrogen and oxygen atoms in total. The second-order valence-corrected chi connectivity index (χ2v) is 7.11. The van der Waals surface area contributed by atoms with Crippen LogP contribution in [0.4, 0.5) is 6.01 Å². The number of hydrazine groups is 1. The average Bonchev–Trinajstić information content (AvgIpc) is 3.45. The highest BCUT2D eigenvalue weighted by molar-refractivity contribution is 6.07. The fourth-order valence-corrected chi connectivity index (χ4v) is 3.22. The number of benzene rings is 1. The van der Waals surface area contributed by atoms with E-state index in [1.54, 1.807) is 37.5 Å². The van der Waals surface area contributed by atoms with Crippen LogP contribution in [0.2, 0.25) is 0 Å². The Morgan fingerprint density at radius 2 is 1.69 bits per heavy atom. The Morgan fingerprint density at radius 3 is 2.47 bits per heavy atom. The zero-order valence-corrected chi connectivity index (χ0v) is 17.2. The number of carbonyl (C=O) groups excluding carboxylic acids is 1. The number of aromatic nitrogens is 5. The summed E-state index contributed by atoms with van der Waals surface area (Å²) in [5, 5.41) is 8.38. The molecule has 0 aliphatic carbocycles. The lowest BCUT2D eigenvalue weighted by molar-refractivity contribution is 0.0962. The molecule has 0 spiro atoms. The maximum atomic E-state index is 13.0. The number of rotatable bonds is 5. The van der Waals surface area contributed by atoms with Crippen LogP contribution in [0.5, 0.6) is 0 Å². The summed E-state index contributed by atoms with van der Waals surface area (Å²) in [5.74, 6) is -0.0623. The van der Waals surface area contributed by atoms with E-state index in [0.29, 0.717) is 28.2 Å². The normalized spacial score (nSPS) is 10.9. The minimum atomic E-state index is -0.430. The van der Waals surface area contributed by atoms with Gasteiger partial charge < -0.3 is 9.05 Å². The fourth-order valence-electron chi connectivity index (χ4n) is 3.22. The van der Waals surface area contributed by atoms with Crippen LogP contribution < -0.4 is 10.9 Å². The molecular formula is C22H17N7O3. The first-order chi connectivity index (χ1) is 15.6. The Hall–Kier alpha value is -4.60. The number of anilines is 1. The van der Waals surface area contributed by atoms with E-state index in [4.69, 9.17) is 9.05 Å². The molecule has 158 valence electrons. The molecule has 0 saturated heterocycles. The Morgan fingerprint density at radius 1 is 0.906 bits per heavy atom. The van der Waals surface area contributed by atoms with Crippen molar-refractivity contribution in [2.24, 2.45) is 0 Å². The fraction of sp³-hybridized carbons (Fsp3) is 0.0909. The second-order valence-electron chi connectivity index (χ2n) is 7.11. The van der Waals surface area contributed by atoms with E-state index in [1.807, 2.05) is 31.2 Å². The third-order valence-electron chi connectivity index (χ3n) is 4.86. The topological polar surface area (TPSA) is 132 Å². The van der Waals surface area contributed by atoms with Crippen LogP contribution in [0.25, 0.3) is 33.7 Å². The quantitative estimate of drug-likeness (QED) is 0.403. The molecule has 0 aliphatic rings. The highest BCUT2D eigenvalue weighted by Crippen LogP contribution is 2.27. The molecular weight excluding hydrogens is 410 g/mol.